The average Bonchev–Trinajstić information content (AvgIpc) is 3.27. The second kappa shape index (κ2) is 13.2. The maximum absolute atomic E-state index is 2.44. The van der Waals surface area contributed by atoms with Crippen LogP contribution in [-0.4, -0.2) is 0 Å². The van der Waals surface area contributed by atoms with Crippen molar-refractivity contribution in [2.75, 3.05) is 0 Å². The second-order valence-electron chi connectivity index (χ2n) is 14.8. The Kier molecular flexibility index (Phi) is 7.60. The molecule has 11 rings (SSSR count). The van der Waals surface area contributed by atoms with E-state index >= 15 is 0 Å². The van der Waals surface area contributed by atoms with E-state index in [9.17, 15) is 0 Å². The van der Waals surface area contributed by atoms with Gasteiger partial charge in [0.15, 0.2) is 0 Å². The fraction of sp³-hybridized carbons (Fsp3) is 0. The van der Waals surface area contributed by atoms with Crippen molar-refractivity contribution in [3.05, 3.63) is 218 Å². The lowest BCUT2D eigenvalue weighted by atomic mass is 9.84. The van der Waals surface area contributed by atoms with Crippen LogP contribution in [0.15, 0.2) is 218 Å². The highest BCUT2D eigenvalue weighted by atomic mass is 14.2. The molecule has 0 nitrogen and oxygen atoms in total. The van der Waals surface area contributed by atoms with Crippen LogP contribution in [0.4, 0.5) is 0 Å². The maximum atomic E-state index is 2.44. The van der Waals surface area contributed by atoms with E-state index in [2.05, 4.69) is 218 Å². The molecule has 0 radical (unpaired) electrons. The van der Waals surface area contributed by atoms with Gasteiger partial charge in [0.2, 0.25) is 0 Å². The van der Waals surface area contributed by atoms with Gasteiger partial charge in [0.25, 0.3) is 0 Å². The fourth-order valence-corrected chi connectivity index (χ4v) is 8.97. The summed E-state index contributed by atoms with van der Waals surface area (Å²) >= 11 is 0. The second-order valence-corrected chi connectivity index (χ2v) is 14.8. The predicted octanol–water partition coefficient (Wildman–Crippen LogP) is 15.8. The molecule has 0 heterocycles. The third-order valence-electron chi connectivity index (χ3n) is 11.6. The zero-order valence-corrected chi connectivity index (χ0v) is 30.8. The monoisotopic (exact) mass is 708 g/mol. The Morgan fingerprint density at radius 1 is 0.179 bits per heavy atom. The van der Waals surface area contributed by atoms with Gasteiger partial charge in [-0.25, -0.2) is 0 Å². The molecule has 0 saturated carbocycles. The molecule has 0 spiro atoms. The van der Waals surface area contributed by atoms with E-state index in [1.54, 1.807) is 0 Å². The first-order valence-electron chi connectivity index (χ1n) is 19.4. The highest BCUT2D eigenvalue weighted by Gasteiger charge is 2.18. The molecule has 0 aliphatic rings. The zero-order chi connectivity index (χ0) is 37.0. The van der Waals surface area contributed by atoms with Crippen molar-refractivity contribution in [3.63, 3.8) is 0 Å². The molecular formula is C56H36. The molecule has 11 aromatic carbocycles. The van der Waals surface area contributed by atoms with Crippen LogP contribution >= 0.6 is 0 Å². The lowest BCUT2D eigenvalue weighted by Gasteiger charge is -2.19. The molecule has 0 fully saturated rings. The molecule has 0 aliphatic heterocycles. The Bertz CT molecular complexity index is 3230. The van der Waals surface area contributed by atoms with E-state index in [1.165, 1.54) is 109 Å². The number of rotatable bonds is 5. The van der Waals surface area contributed by atoms with Gasteiger partial charge in [0, 0.05) is 0 Å². The average molecular weight is 709 g/mol. The van der Waals surface area contributed by atoms with Crippen LogP contribution < -0.4 is 0 Å². The molecule has 0 N–H and O–H groups in total. The van der Waals surface area contributed by atoms with Gasteiger partial charge < -0.3 is 0 Å². The molecule has 0 aliphatic carbocycles. The lowest BCUT2D eigenvalue weighted by Crippen LogP contribution is -1.92. The van der Waals surface area contributed by atoms with Gasteiger partial charge in [-0.3, -0.25) is 0 Å². The molecule has 11 aromatic rings. The van der Waals surface area contributed by atoms with E-state index in [1.807, 2.05) is 0 Å². The summed E-state index contributed by atoms with van der Waals surface area (Å²) in [5, 5.41) is 12.5. The Morgan fingerprint density at radius 3 is 1.41 bits per heavy atom. The third kappa shape index (κ3) is 5.38. The molecule has 260 valence electrons. The lowest BCUT2D eigenvalue weighted by molar-refractivity contribution is 1.61. The zero-order valence-electron chi connectivity index (χ0n) is 30.8. The largest absolute Gasteiger partial charge is 0.0622 e. The van der Waals surface area contributed by atoms with Crippen LogP contribution in [-0.2, 0) is 0 Å². The molecule has 0 heteroatoms. The summed E-state index contributed by atoms with van der Waals surface area (Å²) in [7, 11) is 0. The summed E-state index contributed by atoms with van der Waals surface area (Å²) in [5.74, 6) is 0. The molecule has 0 bridgehead atoms. The van der Waals surface area contributed by atoms with E-state index in [4.69, 9.17) is 0 Å². The molecular weight excluding hydrogens is 673 g/mol. The molecule has 0 saturated heterocycles. The minimum atomic E-state index is 1.20. The van der Waals surface area contributed by atoms with Crippen molar-refractivity contribution >= 4 is 53.9 Å². The first-order chi connectivity index (χ1) is 27.8. The standard InChI is InChI=1S/C56H36/c1-2-16-39(17-3-1)55-49-23-8-10-25-51(49)56(52-26-11-9-24-50(52)55)45-31-30-44-34-46(41-29-28-37-14-4-5-18-40(37)32-41)36-54(53(44)35-45)43-21-12-20-42(33-43)48-27-13-19-38-15-6-7-22-47(38)48/h1-36H. The Hall–Kier alpha value is -7.28. The smallest absolute Gasteiger partial charge is 0.00261 e. The molecule has 0 amide bonds. The van der Waals surface area contributed by atoms with Gasteiger partial charge in [-0.15, -0.1) is 0 Å². The van der Waals surface area contributed by atoms with Crippen molar-refractivity contribution in [1.82, 2.24) is 0 Å². The summed E-state index contributed by atoms with van der Waals surface area (Å²) in [6, 6.07) is 80.5. The SMILES string of the molecule is c1ccc(-c2c3ccccc3c(-c3ccc4cc(-c5ccc6ccccc6c5)cc(-c5cccc(-c6cccc7ccccc67)c5)c4c3)c3ccccc23)cc1. The quantitative estimate of drug-likeness (QED) is 0.156. The Morgan fingerprint density at radius 2 is 0.679 bits per heavy atom. The van der Waals surface area contributed by atoms with Crippen molar-refractivity contribution in [3.8, 4) is 55.6 Å². The van der Waals surface area contributed by atoms with Gasteiger partial charge in [0.1, 0.15) is 0 Å². The maximum Gasteiger partial charge on any atom is -0.00261 e. The van der Waals surface area contributed by atoms with Crippen LogP contribution in [0.2, 0.25) is 0 Å². The highest BCUT2D eigenvalue weighted by Crippen LogP contribution is 2.45. The van der Waals surface area contributed by atoms with Crippen LogP contribution in [0.25, 0.3) is 109 Å². The number of hydrogen-bond acceptors (Lipinski definition) is 0. The van der Waals surface area contributed by atoms with Crippen molar-refractivity contribution in [2.45, 2.75) is 0 Å². The van der Waals surface area contributed by atoms with E-state index in [0.717, 1.165) is 0 Å². The summed E-state index contributed by atoms with van der Waals surface area (Å²) < 4.78 is 0. The van der Waals surface area contributed by atoms with E-state index in [0.29, 0.717) is 0 Å². The normalized spacial score (nSPS) is 11.6. The van der Waals surface area contributed by atoms with Gasteiger partial charge in [0.05, 0.1) is 0 Å². The van der Waals surface area contributed by atoms with Gasteiger partial charge in [-0.1, -0.05) is 188 Å². The third-order valence-corrected chi connectivity index (χ3v) is 11.6. The first-order valence-corrected chi connectivity index (χ1v) is 19.4. The minimum absolute atomic E-state index is 1.20. The minimum Gasteiger partial charge on any atom is -0.0622 e. The summed E-state index contributed by atoms with van der Waals surface area (Å²) in [6.07, 6.45) is 0. The number of fused-ring (bicyclic) bond motifs is 5. The molecule has 0 aromatic heterocycles. The number of hydrogen-bond donors (Lipinski definition) is 0. The van der Waals surface area contributed by atoms with E-state index in [-0.39, 0.29) is 0 Å². The first kappa shape index (κ1) is 32.2. The van der Waals surface area contributed by atoms with Crippen molar-refractivity contribution in [2.24, 2.45) is 0 Å². The van der Waals surface area contributed by atoms with Crippen molar-refractivity contribution < 1.29 is 0 Å². The fourth-order valence-electron chi connectivity index (χ4n) is 8.97. The summed E-state index contributed by atoms with van der Waals surface area (Å²) in [4.78, 5) is 0. The van der Waals surface area contributed by atoms with Crippen molar-refractivity contribution in [1.29, 1.82) is 0 Å². The predicted molar refractivity (Wildman–Crippen MR) is 241 cm³/mol. The van der Waals surface area contributed by atoms with Gasteiger partial charge in [-0.2, -0.15) is 0 Å². The van der Waals surface area contributed by atoms with Crippen LogP contribution in [0, 0.1) is 0 Å². The summed E-state index contributed by atoms with van der Waals surface area (Å²) in [6.45, 7) is 0. The van der Waals surface area contributed by atoms with Gasteiger partial charge >= 0.3 is 0 Å². The highest BCUT2D eigenvalue weighted by molar-refractivity contribution is 6.22. The summed E-state index contributed by atoms with van der Waals surface area (Å²) in [5.41, 5.74) is 12.3. The number of benzene rings is 11. The van der Waals surface area contributed by atoms with Crippen LogP contribution in [0.3, 0.4) is 0 Å². The molecule has 0 unspecified atom stereocenters. The topological polar surface area (TPSA) is 0 Å². The van der Waals surface area contributed by atoms with Crippen LogP contribution in [0.1, 0.15) is 0 Å². The molecule has 0 atom stereocenters. The van der Waals surface area contributed by atoms with Gasteiger partial charge in [-0.05, 0) is 140 Å². The Labute approximate surface area is 326 Å². The van der Waals surface area contributed by atoms with Crippen LogP contribution in [0.5, 0.6) is 0 Å². The Balaban J connectivity index is 1.17. The molecule has 56 heavy (non-hydrogen) atoms. The van der Waals surface area contributed by atoms with E-state index < -0.39 is 0 Å².